The van der Waals surface area contributed by atoms with Crippen molar-refractivity contribution < 1.29 is 0 Å². The first-order chi connectivity index (χ1) is 5.42. The van der Waals surface area contributed by atoms with E-state index in [0.29, 0.717) is 0 Å². The quantitative estimate of drug-likeness (QED) is 0.467. The smallest absolute Gasteiger partial charge is 0.0476 e. The maximum atomic E-state index is 2.45. The Bertz CT molecular complexity index is 235. The van der Waals surface area contributed by atoms with Crippen molar-refractivity contribution in [3.8, 4) is 0 Å². The van der Waals surface area contributed by atoms with Gasteiger partial charge in [-0.15, -0.1) is 0 Å². The first kappa shape index (κ1) is 9.33. The second kappa shape index (κ2) is 3.77. The Morgan fingerprint density at radius 2 is 2.00 bits per heavy atom. The van der Waals surface area contributed by atoms with E-state index in [-0.39, 0.29) is 8.41 Å². The van der Waals surface area contributed by atoms with E-state index >= 15 is 0 Å². The zero-order chi connectivity index (χ0) is 7.68. The normalized spacial score (nSPS) is 26.1. The molecule has 2 rings (SSSR count). The Morgan fingerprint density at radius 3 is 2.50 bits per heavy atom. The number of hydrogen-bond acceptors (Lipinski definition) is 1. The van der Waals surface area contributed by atoms with Gasteiger partial charge in [-0.1, -0.05) is 37.3 Å². The number of nitrogens with zero attached hydrogens (tertiary/aromatic N) is 1. The molecule has 1 fully saturated rings. The highest BCUT2D eigenvalue weighted by Gasteiger charge is 2.32. The molecule has 0 aliphatic carbocycles. The Morgan fingerprint density at radius 1 is 1.33 bits per heavy atom. The summed E-state index contributed by atoms with van der Waals surface area (Å²) in [5.41, 5.74) is 1.47. The minimum atomic E-state index is 0. The molecule has 0 amide bonds. The van der Waals surface area contributed by atoms with E-state index in [1.165, 1.54) is 18.7 Å². The Labute approximate surface area is 76.0 Å². The molecule has 1 nitrogen and oxygen atoms in total. The minimum absolute atomic E-state index is 0. The lowest BCUT2D eigenvalue weighted by Gasteiger charge is -1.98. The summed E-state index contributed by atoms with van der Waals surface area (Å²) < 4.78 is 0. The number of likely N-dealkylation sites (N-methyl/N-ethyl adjacent to an activating group) is 1. The molecule has 1 aromatic rings. The molecule has 0 spiro atoms. The molecule has 1 heterocycles. The zero-order valence-corrected chi connectivity index (χ0v) is 7.40. The third-order valence-electron chi connectivity index (χ3n) is 2.31. The summed E-state index contributed by atoms with van der Waals surface area (Å²) in [4.78, 5) is 2.45. The van der Waals surface area contributed by atoms with E-state index in [9.17, 15) is 0 Å². The highest BCUT2D eigenvalue weighted by Crippen LogP contribution is 2.33. The predicted molar refractivity (Wildman–Crippen MR) is 52.2 cm³/mol. The van der Waals surface area contributed by atoms with Crippen LogP contribution < -0.4 is 0 Å². The van der Waals surface area contributed by atoms with Crippen LogP contribution in [0.15, 0.2) is 30.3 Å². The first-order valence-corrected chi connectivity index (χ1v) is 4.21. The van der Waals surface area contributed by atoms with Crippen molar-refractivity contribution in [3.05, 3.63) is 35.9 Å². The van der Waals surface area contributed by atoms with Crippen molar-refractivity contribution in [1.29, 1.82) is 0 Å². The molecular weight excluding hydrogens is 145 g/mol. The van der Waals surface area contributed by atoms with Gasteiger partial charge in [0.15, 0.2) is 0 Å². The van der Waals surface area contributed by atoms with E-state index < -0.39 is 0 Å². The van der Waals surface area contributed by atoms with Gasteiger partial charge in [0.25, 0.3) is 0 Å². The summed E-state index contributed by atoms with van der Waals surface area (Å²) in [5.74, 6) is 0. The van der Waals surface area contributed by atoms with Gasteiger partial charge in [-0.3, -0.25) is 4.90 Å². The van der Waals surface area contributed by atoms with Crippen molar-refractivity contribution in [3.63, 3.8) is 0 Å². The van der Waals surface area contributed by atoms with E-state index in [2.05, 4.69) is 42.2 Å². The van der Waals surface area contributed by atoms with Crippen LogP contribution in [0, 0.1) is 0 Å². The van der Waals surface area contributed by atoms with E-state index in [0.717, 1.165) is 6.04 Å². The summed E-state index contributed by atoms with van der Waals surface area (Å²) >= 11 is 0. The van der Waals surface area contributed by atoms with Gasteiger partial charge in [-0.2, -0.15) is 0 Å². The van der Waals surface area contributed by atoms with Crippen molar-refractivity contribution in [1.82, 2.24) is 4.90 Å². The van der Waals surface area contributed by atoms with Gasteiger partial charge in [0.2, 0.25) is 0 Å². The number of rotatable bonds is 2. The molecule has 12 heavy (non-hydrogen) atoms. The fraction of sp³-hybridized carbons (Fsp3) is 0.400. The monoisotopic (exact) mass is 158 g/mol. The molecule has 1 unspecified atom stereocenters. The lowest BCUT2D eigenvalue weighted by molar-refractivity contribution is 0.544. The fourth-order valence-electron chi connectivity index (χ4n) is 1.52. The van der Waals surface area contributed by atoms with Crippen LogP contribution in [0.3, 0.4) is 0 Å². The van der Waals surface area contributed by atoms with Crippen LogP contribution in [-0.2, 0) is 0 Å². The number of benzene rings is 1. The highest BCUT2D eigenvalue weighted by atomic mass is 15.3. The van der Waals surface area contributed by atoms with Gasteiger partial charge in [0, 0.05) is 21.0 Å². The van der Waals surface area contributed by atoms with E-state index in [4.69, 9.17) is 0 Å². The molecular formula is C10H13BN. The SMILES string of the molecule is CCN1C[C@@H]1c1ccccc1.[B]. The van der Waals surface area contributed by atoms with Crippen LogP contribution in [0.1, 0.15) is 18.5 Å². The molecule has 1 aliphatic rings. The molecule has 1 aromatic carbocycles. The van der Waals surface area contributed by atoms with Crippen molar-refractivity contribution in [2.45, 2.75) is 13.0 Å². The summed E-state index contributed by atoms with van der Waals surface area (Å²) in [6.45, 7) is 4.64. The van der Waals surface area contributed by atoms with E-state index in [1.807, 2.05) is 0 Å². The third-order valence-corrected chi connectivity index (χ3v) is 2.31. The second-order valence-electron chi connectivity index (χ2n) is 3.01. The molecule has 1 saturated heterocycles. The van der Waals surface area contributed by atoms with Crippen LogP contribution in [0.25, 0.3) is 0 Å². The summed E-state index contributed by atoms with van der Waals surface area (Å²) in [5, 5.41) is 0. The molecule has 0 N–H and O–H groups in total. The third kappa shape index (κ3) is 1.70. The molecule has 1 aliphatic heterocycles. The van der Waals surface area contributed by atoms with Crippen molar-refractivity contribution >= 4 is 8.41 Å². The lowest BCUT2D eigenvalue weighted by Crippen LogP contribution is -1.94. The standard InChI is InChI=1S/C10H13N.B/c1-2-11-8-10(11)9-6-4-3-5-7-9;/h3-7,10H,2,8H2,1H3;/t10-,11?;/m1./s1. The maximum Gasteiger partial charge on any atom is 0.0476 e. The lowest BCUT2D eigenvalue weighted by atomic mass is 10.2. The summed E-state index contributed by atoms with van der Waals surface area (Å²) in [6, 6.07) is 11.4. The van der Waals surface area contributed by atoms with Crippen LogP contribution in [0.2, 0.25) is 0 Å². The molecule has 2 heteroatoms. The summed E-state index contributed by atoms with van der Waals surface area (Å²) in [6.07, 6.45) is 0. The molecule has 0 saturated carbocycles. The molecule has 2 atom stereocenters. The average Bonchev–Trinajstić information content (AvgIpc) is 2.85. The van der Waals surface area contributed by atoms with Crippen LogP contribution in [0.4, 0.5) is 0 Å². The molecule has 3 radical (unpaired) electrons. The first-order valence-electron chi connectivity index (χ1n) is 4.21. The Kier molecular flexibility index (Phi) is 2.93. The molecule has 0 aromatic heterocycles. The van der Waals surface area contributed by atoms with Gasteiger partial charge in [-0.05, 0) is 12.1 Å². The minimum Gasteiger partial charge on any atom is -0.293 e. The van der Waals surface area contributed by atoms with Gasteiger partial charge in [0.1, 0.15) is 0 Å². The molecule has 0 bridgehead atoms. The predicted octanol–water partition coefficient (Wildman–Crippen LogP) is 1.68. The van der Waals surface area contributed by atoms with Gasteiger partial charge >= 0.3 is 0 Å². The number of hydrogen-bond donors (Lipinski definition) is 0. The van der Waals surface area contributed by atoms with Crippen LogP contribution in [0.5, 0.6) is 0 Å². The van der Waals surface area contributed by atoms with Crippen LogP contribution in [-0.4, -0.2) is 26.4 Å². The molecule has 61 valence electrons. The average molecular weight is 158 g/mol. The van der Waals surface area contributed by atoms with E-state index in [1.54, 1.807) is 0 Å². The highest BCUT2D eigenvalue weighted by molar-refractivity contribution is 5.75. The fourth-order valence-corrected chi connectivity index (χ4v) is 1.52. The second-order valence-corrected chi connectivity index (χ2v) is 3.01. The Hall–Kier alpha value is -0.755. The van der Waals surface area contributed by atoms with Crippen molar-refractivity contribution in [2.24, 2.45) is 0 Å². The van der Waals surface area contributed by atoms with Gasteiger partial charge in [-0.25, -0.2) is 0 Å². The summed E-state index contributed by atoms with van der Waals surface area (Å²) in [7, 11) is 0. The zero-order valence-electron chi connectivity index (χ0n) is 7.40. The van der Waals surface area contributed by atoms with Gasteiger partial charge in [0.05, 0.1) is 0 Å². The topological polar surface area (TPSA) is 3.01 Å². The maximum absolute atomic E-state index is 2.45. The Balaban J connectivity index is 0.000000720. The largest absolute Gasteiger partial charge is 0.293 e. The van der Waals surface area contributed by atoms with Crippen LogP contribution >= 0.6 is 0 Å². The van der Waals surface area contributed by atoms with Crippen molar-refractivity contribution in [2.75, 3.05) is 13.1 Å². The van der Waals surface area contributed by atoms with Gasteiger partial charge < -0.3 is 0 Å².